The Kier molecular flexibility index (Phi) is 5.61. The molecule has 0 saturated carbocycles. The smallest absolute Gasteiger partial charge is 0.277 e. The van der Waals surface area contributed by atoms with Crippen molar-refractivity contribution in [2.24, 2.45) is 0 Å². The summed E-state index contributed by atoms with van der Waals surface area (Å²) in [6, 6.07) is 16.5. The Morgan fingerprint density at radius 1 is 1.12 bits per heavy atom. The van der Waals surface area contributed by atoms with Crippen LogP contribution in [0.25, 0.3) is 0 Å². The highest BCUT2D eigenvalue weighted by Crippen LogP contribution is 2.39. The highest BCUT2D eigenvalue weighted by Gasteiger charge is 2.49. The maximum absolute atomic E-state index is 13.6. The van der Waals surface area contributed by atoms with Gasteiger partial charge in [0.1, 0.15) is 22.7 Å². The molecule has 32 heavy (non-hydrogen) atoms. The molecule has 8 nitrogen and oxygen atoms in total. The van der Waals surface area contributed by atoms with Crippen molar-refractivity contribution in [3.05, 3.63) is 71.5 Å². The zero-order chi connectivity index (χ0) is 22.9. The van der Waals surface area contributed by atoms with Crippen molar-refractivity contribution in [2.45, 2.75) is 32.5 Å². The molecule has 0 fully saturated rings. The predicted molar refractivity (Wildman–Crippen MR) is 120 cm³/mol. The highest BCUT2D eigenvalue weighted by atomic mass is 16.5. The number of anilines is 1. The van der Waals surface area contributed by atoms with Crippen molar-refractivity contribution in [3.8, 4) is 11.5 Å². The highest BCUT2D eigenvalue weighted by molar-refractivity contribution is 6.12. The molecule has 0 bridgehead atoms. The number of methoxy groups -OCH3 is 2. The summed E-state index contributed by atoms with van der Waals surface area (Å²) in [6.45, 7) is 4.12. The fourth-order valence-corrected chi connectivity index (χ4v) is 4.03. The number of carbonyl (C=O) groups excluding carboxylic acids is 2. The first-order chi connectivity index (χ1) is 15.4. The van der Waals surface area contributed by atoms with E-state index in [1.54, 1.807) is 43.0 Å². The van der Waals surface area contributed by atoms with Gasteiger partial charge in [0.2, 0.25) is 5.91 Å². The molecule has 1 atom stereocenters. The minimum Gasteiger partial charge on any atom is -0.497 e. The molecule has 0 aliphatic carbocycles. The van der Waals surface area contributed by atoms with Gasteiger partial charge in [0, 0.05) is 12.6 Å². The van der Waals surface area contributed by atoms with Gasteiger partial charge in [-0.2, -0.15) is 5.10 Å². The molecule has 2 heterocycles. The minimum absolute atomic E-state index is 0.206. The summed E-state index contributed by atoms with van der Waals surface area (Å²) in [5.74, 6) is 0.416. The van der Waals surface area contributed by atoms with Crippen molar-refractivity contribution < 1.29 is 19.1 Å². The zero-order valence-electron chi connectivity index (χ0n) is 18.6. The third-order valence-corrected chi connectivity index (χ3v) is 5.69. The molecule has 3 aromatic rings. The number of amides is 2. The van der Waals surface area contributed by atoms with Gasteiger partial charge in [0.25, 0.3) is 5.91 Å². The quantitative estimate of drug-likeness (QED) is 0.645. The van der Waals surface area contributed by atoms with Crippen LogP contribution < -0.4 is 19.7 Å². The molecule has 1 unspecified atom stereocenters. The normalized spacial score (nSPS) is 17.6. The largest absolute Gasteiger partial charge is 0.497 e. The molecule has 166 valence electrons. The number of rotatable bonds is 6. The second-order valence-corrected chi connectivity index (χ2v) is 7.95. The maximum Gasteiger partial charge on any atom is 0.277 e. The second-order valence-electron chi connectivity index (χ2n) is 7.95. The third kappa shape index (κ3) is 3.68. The summed E-state index contributed by atoms with van der Waals surface area (Å²) in [5.41, 5.74) is 1.35. The molecule has 2 amide bonds. The lowest BCUT2D eigenvalue weighted by molar-refractivity contribution is -0.126. The lowest BCUT2D eigenvalue weighted by Crippen LogP contribution is -2.64. The Hall–Kier alpha value is -3.81. The van der Waals surface area contributed by atoms with Crippen LogP contribution in [0.1, 0.15) is 28.7 Å². The zero-order valence-corrected chi connectivity index (χ0v) is 18.6. The van der Waals surface area contributed by atoms with E-state index in [0.29, 0.717) is 35.1 Å². The van der Waals surface area contributed by atoms with Crippen molar-refractivity contribution in [2.75, 3.05) is 19.1 Å². The van der Waals surface area contributed by atoms with Gasteiger partial charge in [0.05, 0.1) is 32.1 Å². The van der Waals surface area contributed by atoms with Crippen molar-refractivity contribution in [1.82, 2.24) is 15.1 Å². The molecule has 1 N–H and O–H groups in total. The Balaban J connectivity index is 1.77. The molecule has 1 aliphatic heterocycles. The summed E-state index contributed by atoms with van der Waals surface area (Å²) >= 11 is 0. The van der Waals surface area contributed by atoms with Crippen LogP contribution in [0.4, 0.5) is 5.69 Å². The first-order valence-corrected chi connectivity index (χ1v) is 10.3. The van der Waals surface area contributed by atoms with Gasteiger partial charge in [-0.15, -0.1) is 0 Å². The molecule has 2 aromatic carbocycles. The van der Waals surface area contributed by atoms with E-state index in [-0.39, 0.29) is 18.4 Å². The monoisotopic (exact) mass is 434 g/mol. The fraction of sp³-hybridized carbons (Fsp3) is 0.292. The van der Waals surface area contributed by atoms with Crippen molar-refractivity contribution in [3.63, 3.8) is 0 Å². The van der Waals surface area contributed by atoms with Crippen LogP contribution in [-0.2, 0) is 17.9 Å². The molecule has 0 radical (unpaired) electrons. The number of carbonyl (C=O) groups is 2. The summed E-state index contributed by atoms with van der Waals surface area (Å²) in [6.07, 6.45) is 0. The average Bonchev–Trinajstić information content (AvgIpc) is 3.18. The van der Waals surface area contributed by atoms with Gasteiger partial charge in [-0.05, 0) is 37.6 Å². The SMILES string of the molecule is COc1ccc(N2C(=O)c3cc(C)nn3CC2(C)C(=O)NCc2ccccc2)c(OC)c1. The molecule has 0 spiro atoms. The lowest BCUT2D eigenvalue weighted by Gasteiger charge is -2.43. The maximum atomic E-state index is 13.6. The van der Waals surface area contributed by atoms with E-state index in [1.165, 1.54) is 12.0 Å². The first-order valence-electron chi connectivity index (χ1n) is 10.3. The van der Waals surface area contributed by atoms with Crippen LogP contribution in [0.5, 0.6) is 11.5 Å². The standard InChI is InChI=1S/C24H26N4O4/c1-16-12-20-22(29)28(19-11-10-18(31-3)13-21(19)32-4)24(2,15-27(20)26-16)23(30)25-14-17-8-6-5-7-9-17/h5-13H,14-15H2,1-4H3,(H,25,30). The van der Waals surface area contributed by atoms with Gasteiger partial charge < -0.3 is 14.8 Å². The number of aromatic nitrogens is 2. The minimum atomic E-state index is -1.24. The number of benzene rings is 2. The van der Waals surface area contributed by atoms with Gasteiger partial charge in [-0.25, -0.2) is 0 Å². The molecule has 1 aromatic heterocycles. The van der Waals surface area contributed by atoms with Crippen molar-refractivity contribution >= 4 is 17.5 Å². The van der Waals surface area contributed by atoms with E-state index in [2.05, 4.69) is 10.4 Å². The van der Waals surface area contributed by atoms with E-state index in [4.69, 9.17) is 9.47 Å². The third-order valence-electron chi connectivity index (χ3n) is 5.69. The van der Waals surface area contributed by atoms with Crippen LogP contribution >= 0.6 is 0 Å². The summed E-state index contributed by atoms with van der Waals surface area (Å²) in [4.78, 5) is 28.7. The Morgan fingerprint density at radius 2 is 1.88 bits per heavy atom. The molecule has 1 aliphatic rings. The molecule has 8 heteroatoms. The van der Waals surface area contributed by atoms with Crippen LogP contribution in [0, 0.1) is 6.92 Å². The number of nitrogens with zero attached hydrogens (tertiary/aromatic N) is 3. The summed E-state index contributed by atoms with van der Waals surface area (Å²) in [5, 5.41) is 7.42. The van der Waals surface area contributed by atoms with E-state index in [1.807, 2.05) is 37.3 Å². The lowest BCUT2D eigenvalue weighted by atomic mass is 9.93. The number of hydrogen-bond donors (Lipinski definition) is 1. The first kappa shape index (κ1) is 21.4. The fourth-order valence-electron chi connectivity index (χ4n) is 4.03. The number of ether oxygens (including phenoxy) is 2. The van der Waals surface area contributed by atoms with Crippen LogP contribution in [0.15, 0.2) is 54.6 Å². The van der Waals surface area contributed by atoms with Gasteiger partial charge in [0.15, 0.2) is 0 Å². The molecular weight excluding hydrogens is 408 g/mol. The van der Waals surface area contributed by atoms with E-state index >= 15 is 0 Å². The van der Waals surface area contributed by atoms with Gasteiger partial charge in [-0.3, -0.25) is 19.2 Å². The molecule has 4 rings (SSSR count). The summed E-state index contributed by atoms with van der Waals surface area (Å²) < 4.78 is 12.5. The topological polar surface area (TPSA) is 85.7 Å². The molecular formula is C24H26N4O4. The van der Waals surface area contributed by atoms with Crippen LogP contribution in [-0.4, -0.2) is 41.4 Å². The number of nitrogens with one attached hydrogen (secondary N) is 1. The van der Waals surface area contributed by atoms with Gasteiger partial charge >= 0.3 is 0 Å². The Labute approximate surface area is 186 Å². The summed E-state index contributed by atoms with van der Waals surface area (Å²) in [7, 11) is 3.08. The van der Waals surface area contributed by atoms with Gasteiger partial charge in [-0.1, -0.05) is 30.3 Å². The van der Waals surface area contributed by atoms with E-state index in [0.717, 1.165) is 5.56 Å². The second kappa shape index (κ2) is 8.37. The average molecular weight is 434 g/mol. The van der Waals surface area contributed by atoms with E-state index < -0.39 is 5.54 Å². The van der Waals surface area contributed by atoms with E-state index in [9.17, 15) is 9.59 Å². The number of hydrogen-bond acceptors (Lipinski definition) is 5. The Bertz CT molecular complexity index is 1160. The van der Waals surface area contributed by atoms with Crippen molar-refractivity contribution in [1.29, 1.82) is 0 Å². The van der Waals surface area contributed by atoms with Crippen LogP contribution in [0.2, 0.25) is 0 Å². The van der Waals surface area contributed by atoms with Crippen LogP contribution in [0.3, 0.4) is 0 Å². The predicted octanol–water partition coefficient (Wildman–Crippen LogP) is 2.94. The number of aryl methyl sites for hydroxylation is 1. The number of fused-ring (bicyclic) bond motifs is 1. The molecule has 0 saturated heterocycles. The Morgan fingerprint density at radius 3 is 2.56 bits per heavy atom.